The number of hydrogen-bond acceptors (Lipinski definition) is 7. The van der Waals surface area contributed by atoms with Crippen LogP contribution in [0.5, 0.6) is 11.5 Å². The van der Waals surface area contributed by atoms with Crippen molar-refractivity contribution in [2.45, 2.75) is 39.2 Å². The van der Waals surface area contributed by atoms with Crippen molar-refractivity contribution in [1.29, 1.82) is 0 Å². The van der Waals surface area contributed by atoms with Gasteiger partial charge in [-0.15, -0.1) is 0 Å². The van der Waals surface area contributed by atoms with Crippen LogP contribution in [0.1, 0.15) is 47.2 Å². The number of halogens is 1. The molecule has 45 heavy (non-hydrogen) atoms. The SMILES string of the molecule is Cc1c(Cl)cccc1OCCCC(=O)N1CCCOc2c(-c3cnn(Cc4cccc(C(=O)NCCCSO)c4)c3)cccc21. The fourth-order valence-corrected chi connectivity index (χ4v) is 5.64. The number of amides is 2. The summed E-state index contributed by atoms with van der Waals surface area (Å²) >= 11 is 6.97. The lowest BCUT2D eigenvalue weighted by Gasteiger charge is -2.23. The Bertz CT molecular complexity index is 1630. The molecule has 0 bridgehead atoms. The van der Waals surface area contributed by atoms with Gasteiger partial charge >= 0.3 is 0 Å². The number of carbonyl (C=O) groups excluding carboxylic acids is 2. The molecule has 0 saturated carbocycles. The first-order valence-corrected chi connectivity index (χ1v) is 16.4. The van der Waals surface area contributed by atoms with Gasteiger partial charge in [-0.2, -0.15) is 5.10 Å². The number of benzene rings is 3. The molecule has 2 N–H and O–H groups in total. The molecule has 0 saturated heterocycles. The summed E-state index contributed by atoms with van der Waals surface area (Å²) in [6, 6.07) is 18.9. The molecular weight excluding hydrogens is 612 g/mol. The molecule has 11 heteroatoms. The molecule has 3 aromatic carbocycles. The summed E-state index contributed by atoms with van der Waals surface area (Å²) in [5, 5.41) is 8.12. The van der Waals surface area contributed by atoms with E-state index >= 15 is 0 Å². The minimum atomic E-state index is -0.145. The maximum absolute atomic E-state index is 13.4. The summed E-state index contributed by atoms with van der Waals surface area (Å²) in [5.41, 5.74) is 4.91. The molecule has 4 aromatic rings. The van der Waals surface area contributed by atoms with Gasteiger partial charge in [0.25, 0.3) is 5.91 Å². The molecule has 0 unspecified atom stereocenters. The van der Waals surface area contributed by atoms with Crippen molar-refractivity contribution in [3.63, 3.8) is 0 Å². The number of fused-ring (bicyclic) bond motifs is 1. The maximum atomic E-state index is 13.4. The summed E-state index contributed by atoms with van der Waals surface area (Å²) in [5.74, 6) is 1.86. The van der Waals surface area contributed by atoms with E-state index < -0.39 is 0 Å². The maximum Gasteiger partial charge on any atom is 0.251 e. The molecule has 2 amide bonds. The van der Waals surface area contributed by atoms with Crippen molar-refractivity contribution in [3.8, 4) is 22.6 Å². The van der Waals surface area contributed by atoms with Crippen molar-refractivity contribution >= 4 is 41.1 Å². The quantitative estimate of drug-likeness (QED) is 0.121. The summed E-state index contributed by atoms with van der Waals surface area (Å²) < 4.78 is 22.8. The molecule has 0 aliphatic carbocycles. The fourth-order valence-electron chi connectivity index (χ4n) is 5.21. The Hall–Kier alpha value is -3.99. The second-order valence-electron chi connectivity index (χ2n) is 10.8. The summed E-state index contributed by atoms with van der Waals surface area (Å²) in [6.45, 7) is 4.41. The molecule has 0 fully saturated rings. The van der Waals surface area contributed by atoms with Crippen molar-refractivity contribution in [3.05, 3.63) is 94.8 Å². The summed E-state index contributed by atoms with van der Waals surface area (Å²) in [6.07, 6.45) is 6.09. The van der Waals surface area contributed by atoms with Gasteiger partial charge in [0, 0.05) is 58.7 Å². The third kappa shape index (κ3) is 8.39. The standard InChI is InChI=1S/C34H37ClN4O5S/c1-24-29(35)11-4-13-31(24)43-17-5-14-32(40)39-16-7-18-44-33-28(10-3-12-30(33)39)27-21-37-38(23-27)22-25-8-2-9-26(20-25)34(41)36-15-6-19-45-42/h2-4,8-13,20-21,23,42H,5-7,14-19,22H2,1H3,(H,36,41). The zero-order chi connectivity index (χ0) is 31.6. The largest absolute Gasteiger partial charge is 0.493 e. The van der Waals surface area contributed by atoms with E-state index in [4.69, 9.17) is 25.6 Å². The second-order valence-corrected chi connectivity index (χ2v) is 11.9. The van der Waals surface area contributed by atoms with Crippen LogP contribution in [0.25, 0.3) is 11.1 Å². The van der Waals surface area contributed by atoms with E-state index in [1.807, 2.05) is 77.3 Å². The van der Waals surface area contributed by atoms with Gasteiger partial charge in [-0.05, 0) is 74.1 Å². The Balaban J connectivity index is 1.24. The Morgan fingerprint density at radius 2 is 1.98 bits per heavy atom. The molecule has 5 rings (SSSR count). The van der Waals surface area contributed by atoms with Crippen LogP contribution in [-0.2, 0) is 11.3 Å². The number of anilines is 1. The van der Waals surface area contributed by atoms with E-state index in [9.17, 15) is 9.59 Å². The van der Waals surface area contributed by atoms with Crippen molar-refractivity contribution in [2.24, 2.45) is 0 Å². The van der Waals surface area contributed by atoms with Crippen LogP contribution in [0, 0.1) is 6.92 Å². The van der Waals surface area contributed by atoms with E-state index in [0.29, 0.717) is 74.2 Å². The molecule has 1 aromatic heterocycles. The molecule has 236 valence electrons. The Morgan fingerprint density at radius 3 is 2.84 bits per heavy atom. The lowest BCUT2D eigenvalue weighted by molar-refractivity contribution is -0.118. The van der Waals surface area contributed by atoms with Gasteiger partial charge in [-0.1, -0.05) is 41.9 Å². The number of aromatic nitrogens is 2. The molecule has 1 aliphatic heterocycles. The van der Waals surface area contributed by atoms with Crippen molar-refractivity contribution in [1.82, 2.24) is 15.1 Å². The van der Waals surface area contributed by atoms with Crippen LogP contribution in [-0.4, -0.2) is 58.2 Å². The fraction of sp³-hybridized carbons (Fsp3) is 0.324. The van der Waals surface area contributed by atoms with Gasteiger partial charge in [0.1, 0.15) is 5.75 Å². The third-order valence-electron chi connectivity index (χ3n) is 7.55. The first-order valence-electron chi connectivity index (χ1n) is 15.0. The lowest BCUT2D eigenvalue weighted by Crippen LogP contribution is -2.31. The van der Waals surface area contributed by atoms with Gasteiger partial charge in [0.2, 0.25) is 5.91 Å². The molecule has 0 spiro atoms. The monoisotopic (exact) mass is 648 g/mol. The lowest BCUT2D eigenvalue weighted by atomic mass is 10.1. The van der Waals surface area contributed by atoms with E-state index in [2.05, 4.69) is 10.4 Å². The molecular formula is C34H37ClN4O5S. The van der Waals surface area contributed by atoms with Gasteiger partial charge in [-0.3, -0.25) is 14.3 Å². The molecule has 2 heterocycles. The normalized spacial score (nSPS) is 12.6. The Labute approximate surface area is 272 Å². The Kier molecular flexibility index (Phi) is 11.4. The minimum absolute atomic E-state index is 0.0252. The molecule has 1 aliphatic rings. The average molecular weight is 649 g/mol. The molecule has 0 radical (unpaired) electrons. The first kappa shape index (κ1) is 32.4. The van der Waals surface area contributed by atoms with Crippen LogP contribution in [0.2, 0.25) is 5.02 Å². The van der Waals surface area contributed by atoms with Gasteiger partial charge < -0.3 is 24.2 Å². The highest BCUT2D eigenvalue weighted by Gasteiger charge is 2.25. The summed E-state index contributed by atoms with van der Waals surface area (Å²) in [7, 11) is 0. The minimum Gasteiger partial charge on any atom is -0.493 e. The van der Waals surface area contributed by atoms with E-state index in [1.54, 1.807) is 12.3 Å². The molecule has 0 atom stereocenters. The van der Waals surface area contributed by atoms with E-state index in [0.717, 1.165) is 52.2 Å². The predicted molar refractivity (Wildman–Crippen MR) is 179 cm³/mol. The molecule has 9 nitrogen and oxygen atoms in total. The van der Waals surface area contributed by atoms with Gasteiger partial charge in [0.15, 0.2) is 5.75 Å². The van der Waals surface area contributed by atoms with Crippen molar-refractivity contribution in [2.75, 3.05) is 37.0 Å². The smallest absolute Gasteiger partial charge is 0.251 e. The zero-order valence-electron chi connectivity index (χ0n) is 25.2. The second kappa shape index (κ2) is 15.8. The van der Waals surface area contributed by atoms with E-state index in [-0.39, 0.29) is 11.8 Å². The predicted octanol–water partition coefficient (Wildman–Crippen LogP) is 6.86. The number of carbonyl (C=O) groups is 2. The number of para-hydroxylation sites is 1. The highest BCUT2D eigenvalue weighted by Crippen LogP contribution is 2.40. The Morgan fingerprint density at radius 1 is 1.13 bits per heavy atom. The average Bonchev–Trinajstić information content (AvgIpc) is 3.39. The summed E-state index contributed by atoms with van der Waals surface area (Å²) in [4.78, 5) is 27.8. The number of hydrogen-bond donors (Lipinski definition) is 2. The number of ether oxygens (including phenoxy) is 2. The van der Waals surface area contributed by atoms with Crippen LogP contribution in [0.3, 0.4) is 0 Å². The van der Waals surface area contributed by atoms with Crippen LogP contribution < -0.4 is 19.7 Å². The third-order valence-corrected chi connectivity index (χ3v) is 8.43. The first-order chi connectivity index (χ1) is 21.9. The van der Waals surface area contributed by atoms with Crippen LogP contribution in [0.4, 0.5) is 5.69 Å². The number of nitrogens with zero attached hydrogens (tertiary/aromatic N) is 3. The van der Waals surface area contributed by atoms with Gasteiger partial charge in [0.05, 0.1) is 31.6 Å². The topological polar surface area (TPSA) is 106 Å². The van der Waals surface area contributed by atoms with E-state index in [1.165, 1.54) is 0 Å². The highest BCUT2D eigenvalue weighted by molar-refractivity contribution is 7.93. The van der Waals surface area contributed by atoms with Crippen LogP contribution in [0.15, 0.2) is 73.1 Å². The highest BCUT2D eigenvalue weighted by atomic mass is 35.5. The number of nitrogens with one attached hydrogen (secondary N) is 1. The van der Waals surface area contributed by atoms with Crippen LogP contribution >= 0.6 is 23.6 Å². The zero-order valence-corrected chi connectivity index (χ0v) is 26.8. The van der Waals surface area contributed by atoms with Crippen molar-refractivity contribution < 1.29 is 23.6 Å². The number of rotatable bonds is 13. The van der Waals surface area contributed by atoms with Gasteiger partial charge in [-0.25, -0.2) is 0 Å².